The van der Waals surface area contributed by atoms with E-state index >= 15 is 0 Å². The summed E-state index contributed by atoms with van der Waals surface area (Å²) in [6, 6.07) is 20.1. The van der Waals surface area contributed by atoms with E-state index in [1.807, 2.05) is 50.2 Å². The maximum Gasteiger partial charge on any atom is 0.261 e. The van der Waals surface area contributed by atoms with Crippen molar-refractivity contribution in [2.24, 2.45) is 0 Å². The fraction of sp³-hybridized carbons (Fsp3) is 0.269. The standard InChI is InChI=1S/C26H31N3O5S/c1-5-34-23-14-10-21(11-15-23)28-35(31,32)24-16-8-20(9-17-24)26(30)27-18-25(29(2)3)19-6-12-22(33-4)13-7-19/h6-17,25,28H,5,18H2,1-4H3,(H,27,30)/t25-/m1/s1. The van der Waals surface area contributed by atoms with Crippen LogP contribution in [-0.2, 0) is 10.0 Å². The summed E-state index contributed by atoms with van der Waals surface area (Å²) in [5.41, 5.74) is 1.83. The van der Waals surface area contributed by atoms with E-state index in [9.17, 15) is 13.2 Å². The molecule has 0 unspecified atom stereocenters. The molecule has 186 valence electrons. The number of nitrogens with one attached hydrogen (secondary N) is 2. The van der Waals surface area contributed by atoms with Gasteiger partial charge in [-0.1, -0.05) is 12.1 Å². The lowest BCUT2D eigenvalue weighted by Gasteiger charge is -2.25. The summed E-state index contributed by atoms with van der Waals surface area (Å²) in [5, 5.41) is 2.93. The lowest BCUT2D eigenvalue weighted by Crippen LogP contribution is -2.34. The van der Waals surface area contributed by atoms with Crippen LogP contribution in [0.5, 0.6) is 11.5 Å². The molecule has 0 radical (unpaired) electrons. The molecule has 0 aliphatic rings. The van der Waals surface area contributed by atoms with Gasteiger partial charge in [-0.25, -0.2) is 8.42 Å². The first-order chi connectivity index (χ1) is 16.7. The molecule has 0 aliphatic heterocycles. The molecular formula is C26H31N3O5S. The van der Waals surface area contributed by atoms with E-state index in [-0.39, 0.29) is 16.8 Å². The third kappa shape index (κ3) is 6.97. The number of methoxy groups -OCH3 is 1. The maximum atomic E-state index is 12.7. The van der Waals surface area contributed by atoms with Crippen molar-refractivity contribution in [3.63, 3.8) is 0 Å². The normalized spacial score (nSPS) is 12.1. The van der Waals surface area contributed by atoms with E-state index in [1.54, 1.807) is 31.4 Å². The number of ether oxygens (including phenoxy) is 2. The fourth-order valence-electron chi connectivity index (χ4n) is 3.50. The summed E-state index contributed by atoms with van der Waals surface area (Å²) >= 11 is 0. The van der Waals surface area contributed by atoms with Crippen LogP contribution < -0.4 is 19.5 Å². The lowest BCUT2D eigenvalue weighted by atomic mass is 10.1. The minimum atomic E-state index is -3.80. The first-order valence-corrected chi connectivity index (χ1v) is 12.7. The molecular weight excluding hydrogens is 466 g/mol. The molecule has 9 heteroatoms. The van der Waals surface area contributed by atoms with Gasteiger partial charge in [-0.2, -0.15) is 0 Å². The predicted octanol–water partition coefficient (Wildman–Crippen LogP) is 3.93. The van der Waals surface area contributed by atoms with E-state index in [2.05, 4.69) is 10.0 Å². The first kappa shape index (κ1) is 26.1. The maximum absolute atomic E-state index is 12.7. The Morgan fingerprint density at radius 2 is 1.51 bits per heavy atom. The summed E-state index contributed by atoms with van der Waals surface area (Å²) in [6.07, 6.45) is 0. The van der Waals surface area contributed by atoms with Crippen LogP contribution in [0.3, 0.4) is 0 Å². The number of rotatable bonds is 11. The molecule has 0 spiro atoms. The zero-order valence-electron chi connectivity index (χ0n) is 20.3. The van der Waals surface area contributed by atoms with E-state index in [1.165, 1.54) is 24.3 Å². The number of likely N-dealkylation sites (N-methyl/N-ethyl adjacent to an activating group) is 1. The lowest BCUT2D eigenvalue weighted by molar-refractivity contribution is 0.0941. The number of amides is 1. The van der Waals surface area contributed by atoms with Crippen molar-refractivity contribution in [1.29, 1.82) is 0 Å². The molecule has 8 nitrogen and oxygen atoms in total. The van der Waals surface area contributed by atoms with Crippen molar-refractivity contribution in [3.05, 3.63) is 83.9 Å². The molecule has 0 heterocycles. The Labute approximate surface area is 206 Å². The van der Waals surface area contributed by atoms with Gasteiger partial charge in [0.15, 0.2) is 0 Å². The van der Waals surface area contributed by atoms with Gasteiger partial charge in [0, 0.05) is 17.8 Å². The van der Waals surface area contributed by atoms with Crippen LogP contribution in [0.4, 0.5) is 5.69 Å². The number of nitrogens with zero attached hydrogens (tertiary/aromatic N) is 1. The highest BCUT2D eigenvalue weighted by Gasteiger charge is 2.18. The van der Waals surface area contributed by atoms with E-state index in [0.717, 1.165) is 11.3 Å². The van der Waals surface area contributed by atoms with Crippen molar-refractivity contribution in [1.82, 2.24) is 10.2 Å². The molecule has 3 aromatic rings. The van der Waals surface area contributed by atoms with E-state index < -0.39 is 10.0 Å². The molecule has 3 rings (SSSR count). The molecule has 2 N–H and O–H groups in total. The van der Waals surface area contributed by atoms with Gasteiger partial charge in [0.25, 0.3) is 15.9 Å². The Kier molecular flexibility index (Phi) is 8.73. The summed E-state index contributed by atoms with van der Waals surface area (Å²) in [4.78, 5) is 14.8. The van der Waals surface area contributed by atoms with Crippen LogP contribution in [0.1, 0.15) is 28.9 Å². The van der Waals surface area contributed by atoms with Crippen molar-refractivity contribution in [2.75, 3.05) is 39.1 Å². The Morgan fingerprint density at radius 1 is 0.914 bits per heavy atom. The van der Waals surface area contributed by atoms with Gasteiger partial charge >= 0.3 is 0 Å². The number of carbonyl (C=O) groups is 1. The Balaban J connectivity index is 1.63. The van der Waals surface area contributed by atoms with Crippen molar-refractivity contribution < 1.29 is 22.7 Å². The number of anilines is 1. The number of hydrogen-bond donors (Lipinski definition) is 2. The molecule has 0 saturated heterocycles. The zero-order chi connectivity index (χ0) is 25.4. The molecule has 0 bridgehead atoms. The number of sulfonamides is 1. The minimum Gasteiger partial charge on any atom is -0.497 e. The van der Waals surface area contributed by atoms with Crippen LogP contribution in [0.2, 0.25) is 0 Å². The molecule has 35 heavy (non-hydrogen) atoms. The highest BCUT2D eigenvalue weighted by molar-refractivity contribution is 7.92. The third-order valence-electron chi connectivity index (χ3n) is 5.42. The topological polar surface area (TPSA) is 97.0 Å². The second-order valence-electron chi connectivity index (χ2n) is 8.05. The van der Waals surface area contributed by atoms with E-state index in [4.69, 9.17) is 9.47 Å². The second kappa shape index (κ2) is 11.7. The van der Waals surface area contributed by atoms with Crippen LogP contribution in [0.25, 0.3) is 0 Å². The SMILES string of the molecule is CCOc1ccc(NS(=O)(=O)c2ccc(C(=O)NC[C@H](c3ccc(OC)cc3)N(C)C)cc2)cc1. The predicted molar refractivity (Wildman–Crippen MR) is 137 cm³/mol. The molecule has 0 saturated carbocycles. The highest BCUT2D eigenvalue weighted by Crippen LogP contribution is 2.22. The molecule has 1 amide bonds. The molecule has 3 aromatic carbocycles. The number of benzene rings is 3. The smallest absolute Gasteiger partial charge is 0.261 e. The van der Waals surface area contributed by atoms with Gasteiger partial charge in [0.05, 0.1) is 24.7 Å². The summed E-state index contributed by atoms with van der Waals surface area (Å²) in [6.45, 7) is 2.79. The average Bonchev–Trinajstić information content (AvgIpc) is 2.85. The molecule has 0 fully saturated rings. The van der Waals surface area contributed by atoms with Gasteiger partial charge < -0.3 is 19.7 Å². The van der Waals surface area contributed by atoms with Crippen molar-refractivity contribution in [2.45, 2.75) is 17.9 Å². The van der Waals surface area contributed by atoms with Gasteiger partial charge in [0.1, 0.15) is 11.5 Å². The Hall–Kier alpha value is -3.56. The highest BCUT2D eigenvalue weighted by atomic mass is 32.2. The average molecular weight is 498 g/mol. The van der Waals surface area contributed by atoms with Gasteiger partial charge in [0.2, 0.25) is 0 Å². The molecule has 0 aromatic heterocycles. The summed E-state index contributed by atoms with van der Waals surface area (Å²) < 4.78 is 38.6. The first-order valence-electron chi connectivity index (χ1n) is 11.2. The Bertz CT molecular complexity index is 1210. The van der Waals surface area contributed by atoms with E-state index in [0.29, 0.717) is 30.2 Å². The zero-order valence-corrected chi connectivity index (χ0v) is 21.1. The second-order valence-corrected chi connectivity index (χ2v) is 9.73. The molecule has 0 aliphatic carbocycles. The van der Waals surface area contributed by atoms with Crippen LogP contribution in [0.15, 0.2) is 77.7 Å². The van der Waals surface area contributed by atoms with Crippen molar-refractivity contribution in [3.8, 4) is 11.5 Å². The quantitative estimate of drug-likeness (QED) is 0.417. The van der Waals surface area contributed by atoms with Crippen LogP contribution >= 0.6 is 0 Å². The number of hydrogen-bond acceptors (Lipinski definition) is 6. The van der Waals surface area contributed by atoms with Gasteiger partial charge in [-0.3, -0.25) is 9.52 Å². The minimum absolute atomic E-state index is 0.0391. The summed E-state index contributed by atoms with van der Waals surface area (Å²) in [7, 11) is 1.70. The third-order valence-corrected chi connectivity index (χ3v) is 6.82. The fourth-order valence-corrected chi connectivity index (χ4v) is 4.56. The van der Waals surface area contributed by atoms with Crippen LogP contribution in [-0.4, -0.2) is 53.6 Å². The number of carbonyl (C=O) groups excluding carboxylic acids is 1. The monoisotopic (exact) mass is 497 g/mol. The van der Waals surface area contributed by atoms with Gasteiger partial charge in [-0.15, -0.1) is 0 Å². The largest absolute Gasteiger partial charge is 0.497 e. The summed E-state index contributed by atoms with van der Waals surface area (Å²) in [5.74, 6) is 1.14. The molecule has 1 atom stereocenters. The van der Waals surface area contributed by atoms with Gasteiger partial charge in [-0.05, 0) is 87.2 Å². The van der Waals surface area contributed by atoms with Crippen molar-refractivity contribution >= 4 is 21.6 Å². The van der Waals surface area contributed by atoms with Crippen LogP contribution in [0, 0.1) is 0 Å². The Morgan fingerprint density at radius 3 is 2.06 bits per heavy atom.